The lowest BCUT2D eigenvalue weighted by molar-refractivity contribution is -0.380. The summed E-state index contributed by atoms with van der Waals surface area (Å²) in [6.45, 7) is 14.4. The van der Waals surface area contributed by atoms with Crippen molar-refractivity contribution in [3.8, 4) is 0 Å². The van der Waals surface area contributed by atoms with Gasteiger partial charge in [-0.2, -0.15) is 0 Å². The minimum atomic E-state index is -1.91. The molecule has 4 heterocycles. The number of fused-ring (bicyclic) bond motifs is 5. The smallest absolute Gasteiger partial charge is 0.187 e. The van der Waals surface area contributed by atoms with E-state index in [1.807, 2.05) is 0 Å². The first-order chi connectivity index (χ1) is 36.0. The summed E-state index contributed by atoms with van der Waals surface area (Å²) in [5.41, 5.74) is -0.793. The fourth-order valence-corrected chi connectivity index (χ4v) is 15.6. The molecule has 77 heavy (non-hydrogen) atoms. The van der Waals surface area contributed by atoms with Gasteiger partial charge in [-0.05, 0) is 112 Å². The van der Waals surface area contributed by atoms with Crippen LogP contribution in [0.1, 0.15) is 113 Å². The molecule has 1 unspecified atom stereocenters. The van der Waals surface area contributed by atoms with Crippen molar-refractivity contribution in [1.82, 2.24) is 0 Å². The molecule has 0 aromatic carbocycles. The highest BCUT2D eigenvalue weighted by molar-refractivity contribution is 5.30. The molecule has 0 bridgehead atoms. The second-order valence-corrected chi connectivity index (χ2v) is 25.8. The predicted molar refractivity (Wildman–Crippen MR) is 266 cm³/mol. The number of allylic oxidation sites excluding steroid dienone is 1. The van der Waals surface area contributed by atoms with Crippen molar-refractivity contribution in [1.29, 1.82) is 0 Å². The van der Waals surface area contributed by atoms with Crippen molar-refractivity contribution in [2.45, 2.75) is 254 Å². The summed E-state index contributed by atoms with van der Waals surface area (Å²) in [6.07, 6.45) is -23.9. The Kier molecular flexibility index (Phi) is 18.9. The van der Waals surface area contributed by atoms with Crippen LogP contribution in [0, 0.1) is 45.3 Å². The van der Waals surface area contributed by atoms with Crippen LogP contribution >= 0.6 is 0 Å². The van der Waals surface area contributed by atoms with Gasteiger partial charge >= 0.3 is 0 Å². The summed E-state index contributed by atoms with van der Waals surface area (Å²) < 4.78 is 47.9. The highest BCUT2D eigenvalue weighted by Crippen LogP contribution is 2.75. The lowest BCUT2D eigenvalue weighted by atomic mass is 9.39. The van der Waals surface area contributed by atoms with E-state index in [4.69, 9.17) is 37.9 Å². The van der Waals surface area contributed by atoms with E-state index in [1.165, 1.54) is 5.57 Å². The van der Waals surface area contributed by atoms with Crippen LogP contribution in [0.25, 0.3) is 0 Å². The molecule has 4 aliphatic carbocycles. The van der Waals surface area contributed by atoms with E-state index in [1.54, 1.807) is 13.8 Å². The largest absolute Gasteiger partial charge is 0.394 e. The molecule has 0 aromatic rings. The Morgan fingerprint density at radius 3 is 1.62 bits per heavy atom. The Morgan fingerprint density at radius 2 is 1.08 bits per heavy atom. The highest BCUT2D eigenvalue weighted by Gasteiger charge is 2.68. The van der Waals surface area contributed by atoms with E-state index in [2.05, 4.69) is 47.6 Å². The molecule has 446 valence electrons. The Bertz CT molecular complexity index is 1990. The van der Waals surface area contributed by atoms with E-state index in [-0.39, 0.29) is 46.5 Å². The molecule has 0 spiro atoms. The number of hydrogen-bond acceptors (Lipinski definition) is 23. The fourth-order valence-electron chi connectivity index (χ4n) is 15.6. The minimum Gasteiger partial charge on any atom is -0.394 e. The fraction of sp³-hybridized carbons (Fsp3) is 0.963. The zero-order valence-corrected chi connectivity index (χ0v) is 45.8. The summed E-state index contributed by atoms with van der Waals surface area (Å²) in [5, 5.41) is 159. The SMILES string of the molecule is C[C@H](CC[C@@H](O[C@@H]1O[C@H](CO[C@@H]2O[C@H](CO)[C@@H](O)[C@H](O)[C@H]2O)[C@@H](O)[C@H](O)[C@H]1O[C@@H]1O[C@H](CO)[C@@H](O)[C@H](O)[C@H]1O)C(C)(C)O)[C@H]1CC[C@@]2(C)[C@@H]3CC=C4C(CC[C@H](O[C@@H]5O[C@H](CO)[C@@H](O)[C@H](O)[C@H]5O)C4(C)C)[C@]3(C)CC[C@]12C. The Morgan fingerprint density at radius 1 is 0.571 bits per heavy atom. The summed E-state index contributed by atoms with van der Waals surface area (Å²) in [6, 6.07) is 0. The second-order valence-electron chi connectivity index (χ2n) is 25.8. The van der Waals surface area contributed by atoms with Gasteiger partial charge < -0.3 is 114 Å². The lowest BCUT2D eigenvalue weighted by Gasteiger charge is -2.66. The highest BCUT2D eigenvalue weighted by atomic mass is 16.8. The predicted octanol–water partition coefficient (Wildman–Crippen LogP) is -2.20. The van der Waals surface area contributed by atoms with Crippen molar-refractivity contribution in [3.05, 3.63) is 11.6 Å². The van der Waals surface area contributed by atoms with Crippen LogP contribution in [0.2, 0.25) is 0 Å². The standard InChI is InChI=1S/C54H92O23/c1-23(24-15-16-54(8)31-12-10-25-26(52(31,6)17-18-53(24,54)7)11-14-32(50(25,2)3)75-47-43(67)39(63)35(59)28(20-56)72-47)9-13-33(51(4,5)69)76-49-45(77-48-44(68)40(64)36(60)29(21-57)73-48)41(65)37(61)30(74-49)22-70-46-42(66)38(62)34(58)27(19-55)71-46/h10,23-24,26-49,55-69H,9,11-22H2,1-8H3/t23-,24-,26?,27-,28-,29-,30-,31-,32+,33-,34-,35-,36-,37-,38+,39+,40+,41+,42-,43-,44-,45-,46-,47+,48+,49+,52+,53-,54+/m1/s1. The van der Waals surface area contributed by atoms with E-state index in [0.717, 1.165) is 38.5 Å². The molecular weight excluding hydrogens is 1020 g/mol. The molecule has 15 N–H and O–H groups in total. The maximum Gasteiger partial charge on any atom is 0.187 e. The molecule has 4 aliphatic heterocycles. The Hall–Kier alpha value is -1.18. The van der Waals surface area contributed by atoms with Crippen LogP contribution in [0.4, 0.5) is 0 Å². The van der Waals surface area contributed by atoms with Crippen molar-refractivity contribution < 1.29 is 114 Å². The number of hydrogen-bond donors (Lipinski definition) is 15. The molecule has 3 saturated carbocycles. The van der Waals surface area contributed by atoms with E-state index in [0.29, 0.717) is 18.8 Å². The number of ether oxygens (including phenoxy) is 8. The van der Waals surface area contributed by atoms with Crippen LogP contribution in [-0.4, -0.2) is 244 Å². The number of rotatable bonds is 17. The van der Waals surface area contributed by atoms with Gasteiger partial charge in [0.05, 0.1) is 44.2 Å². The van der Waals surface area contributed by atoms with Gasteiger partial charge in [-0.3, -0.25) is 0 Å². The van der Waals surface area contributed by atoms with Gasteiger partial charge in [0.2, 0.25) is 0 Å². The molecular formula is C54H92O23. The summed E-state index contributed by atoms with van der Waals surface area (Å²) in [5.74, 6) is 1.07. The molecule has 7 fully saturated rings. The van der Waals surface area contributed by atoms with Crippen molar-refractivity contribution in [2.75, 3.05) is 26.4 Å². The van der Waals surface area contributed by atoms with Crippen molar-refractivity contribution in [2.24, 2.45) is 45.3 Å². The molecule has 0 amide bonds. The average molecular weight is 1110 g/mol. The zero-order valence-electron chi connectivity index (χ0n) is 45.8. The third-order valence-electron chi connectivity index (χ3n) is 20.7. The van der Waals surface area contributed by atoms with Gasteiger partial charge in [-0.1, -0.05) is 53.2 Å². The number of aliphatic hydroxyl groups excluding tert-OH is 14. The van der Waals surface area contributed by atoms with Crippen LogP contribution < -0.4 is 0 Å². The molecule has 8 aliphatic rings. The van der Waals surface area contributed by atoms with Crippen LogP contribution in [0.3, 0.4) is 0 Å². The summed E-state index contributed by atoms with van der Waals surface area (Å²) in [7, 11) is 0. The van der Waals surface area contributed by atoms with Crippen LogP contribution in [-0.2, 0) is 37.9 Å². The topological polar surface area (TPSA) is 377 Å². The maximum atomic E-state index is 11.8. The zero-order chi connectivity index (χ0) is 56.6. The van der Waals surface area contributed by atoms with Gasteiger partial charge in [0.25, 0.3) is 0 Å². The third kappa shape index (κ3) is 11.1. The monoisotopic (exact) mass is 1110 g/mol. The minimum absolute atomic E-state index is 0.0220. The normalized spacial score (nSPS) is 51.0. The maximum absolute atomic E-state index is 11.8. The Balaban J connectivity index is 0.973. The van der Waals surface area contributed by atoms with Crippen molar-refractivity contribution >= 4 is 0 Å². The number of aliphatic hydroxyl groups is 15. The molecule has 23 heteroatoms. The first-order valence-corrected chi connectivity index (χ1v) is 27.9. The van der Waals surface area contributed by atoms with Gasteiger partial charge in [-0.15, -0.1) is 0 Å². The molecule has 29 atom stereocenters. The molecule has 4 saturated heterocycles. The third-order valence-corrected chi connectivity index (χ3v) is 20.7. The van der Waals surface area contributed by atoms with Crippen LogP contribution in [0.15, 0.2) is 11.6 Å². The Labute approximate surface area is 450 Å². The quantitative estimate of drug-likeness (QED) is 0.0687. The summed E-state index contributed by atoms with van der Waals surface area (Å²) >= 11 is 0. The van der Waals surface area contributed by atoms with E-state index < -0.39 is 166 Å². The summed E-state index contributed by atoms with van der Waals surface area (Å²) in [4.78, 5) is 0. The molecule has 0 radical (unpaired) electrons. The second kappa shape index (κ2) is 23.5. The lowest BCUT2D eigenvalue weighted by Crippen LogP contribution is -2.65. The first-order valence-electron chi connectivity index (χ1n) is 27.9. The van der Waals surface area contributed by atoms with Crippen LogP contribution in [0.5, 0.6) is 0 Å². The average Bonchev–Trinajstić information content (AvgIpc) is 3.69. The van der Waals surface area contributed by atoms with E-state index >= 15 is 0 Å². The van der Waals surface area contributed by atoms with Gasteiger partial charge in [-0.25, -0.2) is 0 Å². The van der Waals surface area contributed by atoms with Crippen molar-refractivity contribution in [3.63, 3.8) is 0 Å². The molecule has 23 nitrogen and oxygen atoms in total. The first kappa shape index (κ1) is 61.9. The molecule has 8 rings (SSSR count). The van der Waals surface area contributed by atoms with Gasteiger partial charge in [0.15, 0.2) is 25.2 Å². The van der Waals surface area contributed by atoms with Gasteiger partial charge in [0.1, 0.15) is 97.7 Å². The molecule has 0 aromatic heterocycles. The van der Waals surface area contributed by atoms with Gasteiger partial charge in [0, 0.05) is 5.41 Å². The van der Waals surface area contributed by atoms with E-state index in [9.17, 15) is 76.6 Å².